The summed E-state index contributed by atoms with van der Waals surface area (Å²) in [5, 5.41) is 4.51. The molecule has 0 aromatic heterocycles. The van der Waals surface area contributed by atoms with Gasteiger partial charge < -0.3 is 10.1 Å². The molecule has 2 aromatic rings. The van der Waals surface area contributed by atoms with E-state index in [0.717, 1.165) is 37.4 Å². The lowest BCUT2D eigenvalue weighted by molar-refractivity contribution is -0.132. The molecule has 178 valence electrons. The number of hydrazine groups is 1. The quantitative estimate of drug-likeness (QED) is 0.474. The molecule has 1 atom stereocenters. The number of likely N-dealkylation sites (N-methyl/N-ethyl adjacent to an activating group) is 1. The Morgan fingerprint density at radius 2 is 1.85 bits per heavy atom. The molecule has 1 unspecified atom stereocenters. The van der Waals surface area contributed by atoms with Crippen LogP contribution < -0.4 is 15.5 Å². The summed E-state index contributed by atoms with van der Waals surface area (Å²) >= 11 is 5.96. The first kappa shape index (κ1) is 24.8. The normalized spacial score (nSPS) is 14.9. The SMILES string of the molecule is CCN(Nc1ccc(OC)cc1)C(=O)C(CC1CCCCC1)NC(=O)c1cc(Cl)ccc1F. The van der Waals surface area contributed by atoms with Crippen LogP contribution in [-0.4, -0.2) is 36.5 Å². The maximum absolute atomic E-state index is 14.3. The van der Waals surface area contributed by atoms with Crippen LogP contribution in [0.4, 0.5) is 10.1 Å². The number of nitrogens with zero attached hydrogens (tertiary/aromatic N) is 1. The highest BCUT2D eigenvalue weighted by Crippen LogP contribution is 2.28. The summed E-state index contributed by atoms with van der Waals surface area (Å²) in [6, 6.07) is 10.2. The van der Waals surface area contributed by atoms with E-state index in [-0.39, 0.29) is 16.5 Å². The lowest BCUT2D eigenvalue weighted by Gasteiger charge is -2.31. The zero-order chi connectivity index (χ0) is 23.8. The Bertz CT molecular complexity index is 948. The van der Waals surface area contributed by atoms with Crippen molar-refractivity contribution in [2.75, 3.05) is 19.1 Å². The van der Waals surface area contributed by atoms with Gasteiger partial charge in [0.2, 0.25) is 0 Å². The molecular weight excluding hydrogens is 445 g/mol. The minimum absolute atomic E-state index is 0.171. The highest BCUT2D eigenvalue weighted by Gasteiger charge is 2.30. The number of halogens is 2. The van der Waals surface area contributed by atoms with Crippen LogP contribution in [0.1, 0.15) is 55.8 Å². The van der Waals surface area contributed by atoms with Crippen LogP contribution in [0.2, 0.25) is 5.02 Å². The van der Waals surface area contributed by atoms with Gasteiger partial charge in [0.25, 0.3) is 11.8 Å². The van der Waals surface area contributed by atoms with Crippen molar-refractivity contribution < 1.29 is 18.7 Å². The fourth-order valence-corrected chi connectivity index (χ4v) is 4.36. The predicted octanol–water partition coefficient (Wildman–Crippen LogP) is 5.43. The van der Waals surface area contributed by atoms with E-state index in [0.29, 0.717) is 24.6 Å². The summed E-state index contributed by atoms with van der Waals surface area (Å²) in [6.45, 7) is 2.23. The van der Waals surface area contributed by atoms with E-state index in [2.05, 4.69) is 10.7 Å². The molecule has 3 rings (SSSR count). The van der Waals surface area contributed by atoms with Crippen LogP contribution in [0.15, 0.2) is 42.5 Å². The third kappa shape index (κ3) is 6.84. The maximum Gasteiger partial charge on any atom is 0.263 e. The Hall–Kier alpha value is -2.80. The molecule has 1 fully saturated rings. The molecule has 1 aliphatic carbocycles. The molecule has 0 heterocycles. The summed E-state index contributed by atoms with van der Waals surface area (Å²) in [7, 11) is 1.59. The molecular formula is C25H31ClFN3O3. The second-order valence-corrected chi connectivity index (χ2v) is 8.75. The largest absolute Gasteiger partial charge is 0.497 e. The van der Waals surface area contributed by atoms with Gasteiger partial charge in [0.1, 0.15) is 17.6 Å². The number of amides is 2. The van der Waals surface area contributed by atoms with Crippen LogP contribution in [0.5, 0.6) is 5.75 Å². The highest BCUT2D eigenvalue weighted by atomic mass is 35.5. The fraction of sp³-hybridized carbons (Fsp3) is 0.440. The second kappa shape index (κ2) is 11.9. The van der Waals surface area contributed by atoms with Crippen LogP contribution in [0.25, 0.3) is 0 Å². The van der Waals surface area contributed by atoms with Crippen molar-refractivity contribution in [2.24, 2.45) is 5.92 Å². The van der Waals surface area contributed by atoms with Gasteiger partial charge in [0, 0.05) is 11.6 Å². The first-order chi connectivity index (χ1) is 15.9. The van der Waals surface area contributed by atoms with Gasteiger partial charge in [-0.2, -0.15) is 0 Å². The molecule has 1 aliphatic rings. The molecule has 0 aliphatic heterocycles. The number of anilines is 1. The fourth-order valence-electron chi connectivity index (χ4n) is 4.18. The molecule has 0 bridgehead atoms. The topological polar surface area (TPSA) is 70.7 Å². The summed E-state index contributed by atoms with van der Waals surface area (Å²) in [4.78, 5) is 26.4. The van der Waals surface area contributed by atoms with Crippen molar-refractivity contribution in [3.63, 3.8) is 0 Å². The van der Waals surface area contributed by atoms with Gasteiger partial charge in [0.05, 0.1) is 18.4 Å². The number of carbonyl (C=O) groups excluding carboxylic acids is 2. The van der Waals surface area contributed by atoms with E-state index in [1.165, 1.54) is 23.6 Å². The standard InChI is InChI=1S/C25H31ClFN3O3/c1-3-30(29-19-10-12-20(33-2)13-11-19)25(32)23(15-17-7-5-4-6-8-17)28-24(31)21-16-18(26)9-14-22(21)27/h9-14,16-17,23,29H,3-8,15H2,1-2H3,(H,28,31). The molecule has 6 nitrogen and oxygen atoms in total. The van der Waals surface area contributed by atoms with Crippen LogP contribution in [0.3, 0.4) is 0 Å². The molecule has 1 saturated carbocycles. The molecule has 2 N–H and O–H groups in total. The molecule has 8 heteroatoms. The first-order valence-electron chi connectivity index (χ1n) is 11.4. The molecule has 0 radical (unpaired) electrons. The third-order valence-electron chi connectivity index (χ3n) is 6.01. The van der Waals surface area contributed by atoms with Crippen molar-refractivity contribution >= 4 is 29.1 Å². The van der Waals surface area contributed by atoms with Crippen molar-refractivity contribution in [2.45, 2.75) is 51.5 Å². The van der Waals surface area contributed by atoms with Crippen molar-refractivity contribution in [3.05, 3.63) is 58.9 Å². The molecule has 33 heavy (non-hydrogen) atoms. The second-order valence-electron chi connectivity index (χ2n) is 8.31. The highest BCUT2D eigenvalue weighted by molar-refractivity contribution is 6.31. The smallest absolute Gasteiger partial charge is 0.263 e. The zero-order valence-corrected chi connectivity index (χ0v) is 19.8. The van der Waals surface area contributed by atoms with E-state index in [9.17, 15) is 14.0 Å². The number of hydrogen-bond donors (Lipinski definition) is 2. The van der Waals surface area contributed by atoms with E-state index in [1.54, 1.807) is 19.2 Å². The Balaban J connectivity index is 1.78. The van der Waals surface area contributed by atoms with E-state index in [4.69, 9.17) is 16.3 Å². The number of hydrogen-bond acceptors (Lipinski definition) is 4. The number of rotatable bonds is 9. The molecule has 0 spiro atoms. The number of methoxy groups -OCH3 is 1. The average Bonchev–Trinajstić information content (AvgIpc) is 2.84. The monoisotopic (exact) mass is 475 g/mol. The minimum atomic E-state index is -0.787. The van der Waals surface area contributed by atoms with E-state index in [1.807, 2.05) is 19.1 Å². The summed E-state index contributed by atoms with van der Waals surface area (Å²) in [5.74, 6) is -0.554. The summed E-state index contributed by atoms with van der Waals surface area (Å²) in [5.41, 5.74) is 3.66. The predicted molar refractivity (Wildman–Crippen MR) is 128 cm³/mol. The third-order valence-corrected chi connectivity index (χ3v) is 6.24. The van der Waals surface area contributed by atoms with E-state index < -0.39 is 17.8 Å². The Kier molecular flexibility index (Phi) is 8.95. The minimum Gasteiger partial charge on any atom is -0.497 e. The van der Waals surface area contributed by atoms with Gasteiger partial charge in [-0.25, -0.2) is 4.39 Å². The number of carbonyl (C=O) groups is 2. The van der Waals surface area contributed by atoms with Gasteiger partial charge in [0.15, 0.2) is 0 Å². The lowest BCUT2D eigenvalue weighted by atomic mass is 9.84. The van der Waals surface area contributed by atoms with Crippen molar-refractivity contribution in [3.8, 4) is 5.75 Å². The Morgan fingerprint density at radius 1 is 1.15 bits per heavy atom. The Labute approximate surface area is 199 Å². The number of benzene rings is 2. The van der Waals surface area contributed by atoms with Crippen molar-refractivity contribution in [1.29, 1.82) is 0 Å². The first-order valence-corrected chi connectivity index (χ1v) is 11.8. The van der Waals surface area contributed by atoms with Crippen LogP contribution >= 0.6 is 11.6 Å². The van der Waals surface area contributed by atoms with Crippen LogP contribution in [-0.2, 0) is 4.79 Å². The molecule has 2 aromatic carbocycles. The van der Waals surface area contributed by atoms with Gasteiger partial charge >= 0.3 is 0 Å². The van der Waals surface area contributed by atoms with Gasteiger partial charge in [-0.3, -0.25) is 20.0 Å². The number of ether oxygens (including phenoxy) is 1. The molecule has 2 amide bonds. The number of nitrogens with one attached hydrogen (secondary N) is 2. The van der Waals surface area contributed by atoms with E-state index >= 15 is 0 Å². The van der Waals surface area contributed by atoms with Gasteiger partial charge in [-0.15, -0.1) is 0 Å². The summed E-state index contributed by atoms with van der Waals surface area (Å²) < 4.78 is 19.4. The maximum atomic E-state index is 14.3. The average molecular weight is 476 g/mol. The lowest BCUT2D eigenvalue weighted by Crippen LogP contribution is -2.51. The molecule has 0 saturated heterocycles. The Morgan fingerprint density at radius 3 is 2.48 bits per heavy atom. The zero-order valence-electron chi connectivity index (χ0n) is 19.1. The summed E-state index contributed by atoms with van der Waals surface area (Å²) in [6.07, 6.45) is 5.96. The van der Waals surface area contributed by atoms with Gasteiger partial charge in [-0.05, 0) is 61.7 Å². The van der Waals surface area contributed by atoms with Crippen molar-refractivity contribution in [1.82, 2.24) is 10.3 Å². The van der Waals surface area contributed by atoms with Gasteiger partial charge in [-0.1, -0.05) is 43.7 Å². The van der Waals surface area contributed by atoms with Crippen LogP contribution in [0, 0.1) is 11.7 Å².